The average molecular weight is 791 g/mol. The fourth-order valence-electron chi connectivity index (χ4n) is 5.31. The number of carboxylic acids is 2. The molecule has 0 saturated carbocycles. The van der Waals surface area contributed by atoms with Gasteiger partial charge in [-0.25, -0.2) is 4.98 Å². The number of nitrogens with one attached hydrogen (secondary N) is 2. The summed E-state index contributed by atoms with van der Waals surface area (Å²) in [6, 6.07) is 24.2. The van der Waals surface area contributed by atoms with E-state index < -0.39 is 35.8 Å². The third-order valence-corrected chi connectivity index (χ3v) is 8.50. The highest BCUT2D eigenvalue weighted by molar-refractivity contribution is 6.35. The summed E-state index contributed by atoms with van der Waals surface area (Å²) in [6.45, 7) is 1.85. The fraction of sp³-hybridized carbons (Fsp3) is 0.205. The van der Waals surface area contributed by atoms with E-state index in [0.29, 0.717) is 22.0 Å². The molecule has 0 saturated heterocycles. The van der Waals surface area contributed by atoms with Crippen molar-refractivity contribution in [3.05, 3.63) is 129 Å². The third-order valence-electron chi connectivity index (χ3n) is 7.93. The molecule has 4 N–H and O–H groups in total. The molecule has 5 aromatic rings. The predicted molar refractivity (Wildman–Crippen MR) is 204 cm³/mol. The molecule has 0 unspecified atom stereocenters. The van der Waals surface area contributed by atoms with Crippen molar-refractivity contribution in [3.8, 4) is 28.9 Å². The maximum absolute atomic E-state index is 12.9. The van der Waals surface area contributed by atoms with Crippen molar-refractivity contribution in [1.29, 1.82) is 0 Å². The van der Waals surface area contributed by atoms with E-state index >= 15 is 0 Å². The number of carbonyl (C=O) groups is 4. The Kier molecular flexibility index (Phi) is 14.9. The maximum atomic E-state index is 12.9. The zero-order valence-electron chi connectivity index (χ0n) is 30.1. The zero-order chi connectivity index (χ0) is 40.1. The summed E-state index contributed by atoms with van der Waals surface area (Å²) < 4.78 is 15.3. The van der Waals surface area contributed by atoms with Crippen molar-refractivity contribution in [3.63, 3.8) is 0 Å². The van der Waals surface area contributed by atoms with Crippen molar-refractivity contribution in [1.82, 2.24) is 25.6 Å². The summed E-state index contributed by atoms with van der Waals surface area (Å²) in [5.41, 5.74) is 3.49. The molecule has 16 heteroatoms. The Morgan fingerprint density at radius 3 is 1.87 bits per heavy atom. The van der Waals surface area contributed by atoms with E-state index in [2.05, 4.69) is 25.6 Å². The lowest BCUT2D eigenvalue weighted by Crippen LogP contribution is -2.31. The highest BCUT2D eigenvalue weighted by Gasteiger charge is 2.24. The molecule has 0 bridgehead atoms. The van der Waals surface area contributed by atoms with Gasteiger partial charge in [-0.2, -0.15) is 9.97 Å². The molecule has 2 heterocycles. The molecule has 55 heavy (non-hydrogen) atoms. The molecule has 0 aliphatic carbocycles. The Morgan fingerprint density at radius 1 is 0.673 bits per heavy atom. The van der Waals surface area contributed by atoms with Crippen LogP contribution in [0.15, 0.2) is 91.0 Å². The molecule has 286 valence electrons. The Hall–Kier alpha value is -6.25. The number of aliphatic carboxylic acids is 2. The molecule has 5 rings (SSSR count). The largest absolute Gasteiger partial charge is 0.494 e. The number of halogens is 2. The second kappa shape index (κ2) is 19.7. The summed E-state index contributed by atoms with van der Waals surface area (Å²) in [7, 11) is 4.30. The summed E-state index contributed by atoms with van der Waals surface area (Å²) in [5, 5.41) is 24.5. The lowest BCUT2D eigenvalue weighted by molar-refractivity contribution is -0.138. The quantitative estimate of drug-likeness (QED) is 0.0923. The summed E-state index contributed by atoms with van der Waals surface area (Å²) in [5.74, 6) is -2.51. The first-order valence-electron chi connectivity index (χ1n) is 16.5. The molecule has 2 amide bonds. The number of rotatable bonds is 14. The van der Waals surface area contributed by atoms with Gasteiger partial charge in [-0.1, -0.05) is 83.9 Å². The number of hydrogen-bond donors (Lipinski definition) is 4. The summed E-state index contributed by atoms with van der Waals surface area (Å²) in [6.07, 6.45) is -0.606. The summed E-state index contributed by atoms with van der Waals surface area (Å²) in [4.78, 5) is 60.3. The van der Waals surface area contributed by atoms with Gasteiger partial charge in [0.25, 0.3) is 11.8 Å². The van der Waals surface area contributed by atoms with Crippen LogP contribution in [0.3, 0.4) is 0 Å². The van der Waals surface area contributed by atoms with Crippen LogP contribution in [0.4, 0.5) is 0 Å². The van der Waals surface area contributed by atoms with Gasteiger partial charge in [-0.15, -0.1) is 0 Å². The number of ether oxygens (including phenoxy) is 3. The smallest absolute Gasteiger partial charge is 0.320 e. The Balaban J connectivity index is 0.000000249. The van der Waals surface area contributed by atoms with Gasteiger partial charge in [0, 0.05) is 21.7 Å². The van der Waals surface area contributed by atoms with Crippen molar-refractivity contribution >= 4 is 47.0 Å². The number of pyridine rings is 1. The van der Waals surface area contributed by atoms with Gasteiger partial charge in [-0.3, -0.25) is 19.2 Å². The normalized spacial score (nSPS) is 11.5. The Labute approximate surface area is 326 Å². The van der Waals surface area contributed by atoms with Crippen LogP contribution in [0.2, 0.25) is 10.0 Å². The summed E-state index contributed by atoms with van der Waals surface area (Å²) >= 11 is 12.1. The first kappa shape index (κ1) is 41.5. The number of hydrogen-bond acceptors (Lipinski definition) is 10. The molecular weight excluding hydrogens is 753 g/mol. The third kappa shape index (κ3) is 11.6. The van der Waals surface area contributed by atoms with Crippen molar-refractivity contribution in [2.45, 2.75) is 31.8 Å². The number of carbonyl (C=O) groups excluding carboxylic acids is 2. The van der Waals surface area contributed by atoms with Crippen LogP contribution in [0.5, 0.6) is 17.6 Å². The van der Waals surface area contributed by atoms with Crippen LogP contribution >= 0.6 is 23.2 Å². The van der Waals surface area contributed by atoms with Gasteiger partial charge in [0.2, 0.25) is 5.88 Å². The molecule has 14 nitrogen and oxygen atoms in total. The molecule has 2 atom stereocenters. The van der Waals surface area contributed by atoms with Crippen LogP contribution in [-0.4, -0.2) is 70.2 Å². The van der Waals surface area contributed by atoms with E-state index in [4.69, 9.17) is 42.5 Å². The number of methoxy groups -OCH3 is 3. The number of carboxylic acid groups (broad SMARTS) is 2. The number of benzene rings is 3. The molecule has 3 aromatic carbocycles. The molecule has 0 aliphatic rings. The van der Waals surface area contributed by atoms with Crippen LogP contribution < -0.4 is 24.8 Å². The van der Waals surface area contributed by atoms with E-state index in [1.807, 2.05) is 49.4 Å². The van der Waals surface area contributed by atoms with Crippen molar-refractivity contribution in [2.24, 2.45) is 0 Å². The highest BCUT2D eigenvalue weighted by Crippen LogP contribution is 2.30. The van der Waals surface area contributed by atoms with Crippen LogP contribution in [0.1, 0.15) is 62.6 Å². The molecule has 0 aliphatic heterocycles. The van der Waals surface area contributed by atoms with Gasteiger partial charge in [-0.05, 0) is 47.9 Å². The van der Waals surface area contributed by atoms with Crippen LogP contribution in [-0.2, 0) is 9.59 Å². The number of aromatic nitrogens is 3. The van der Waals surface area contributed by atoms with E-state index in [0.717, 1.165) is 16.7 Å². The van der Waals surface area contributed by atoms with Gasteiger partial charge in [0.1, 0.15) is 22.8 Å². The lowest BCUT2D eigenvalue weighted by atomic mass is 9.98. The average Bonchev–Trinajstić information content (AvgIpc) is 3.17. The van der Waals surface area contributed by atoms with Crippen molar-refractivity contribution < 1.29 is 43.6 Å². The highest BCUT2D eigenvalue weighted by atomic mass is 35.5. The first-order chi connectivity index (χ1) is 26.3. The van der Waals surface area contributed by atoms with Crippen LogP contribution in [0, 0.1) is 6.92 Å². The number of amides is 2. The van der Waals surface area contributed by atoms with Crippen molar-refractivity contribution in [2.75, 3.05) is 21.3 Å². The van der Waals surface area contributed by atoms with E-state index in [9.17, 15) is 24.3 Å². The monoisotopic (exact) mass is 789 g/mol. The van der Waals surface area contributed by atoms with E-state index in [1.165, 1.54) is 39.5 Å². The molecule has 0 fully saturated rings. The van der Waals surface area contributed by atoms with Crippen LogP contribution in [0.25, 0.3) is 11.3 Å². The molecular formula is C39H37Cl2N5O9. The SMILES string of the molecule is COc1cc(C(=O)N[C@@H](CC(=O)O)c2ccccc2C)nc(OC)n1.COc1ccc(C(=O)N[C@@H](CC(=O)O)c2ccc(Cl)cc2Cl)nc1-c1ccccc1. The predicted octanol–water partition coefficient (Wildman–Crippen LogP) is 6.76. The van der Waals surface area contributed by atoms with Gasteiger partial charge in [0.15, 0.2) is 0 Å². The first-order valence-corrected chi connectivity index (χ1v) is 17.2. The minimum Gasteiger partial charge on any atom is -0.494 e. The van der Waals surface area contributed by atoms with E-state index in [1.54, 1.807) is 30.3 Å². The number of nitrogens with zero attached hydrogens (tertiary/aromatic N) is 3. The second-order valence-electron chi connectivity index (χ2n) is 11.7. The Morgan fingerprint density at radius 2 is 1.29 bits per heavy atom. The molecule has 0 radical (unpaired) electrons. The zero-order valence-corrected chi connectivity index (χ0v) is 31.6. The number of aryl methyl sites for hydroxylation is 1. The topological polar surface area (TPSA) is 199 Å². The van der Waals surface area contributed by atoms with E-state index in [-0.39, 0.29) is 41.1 Å². The standard InChI is InChI=1S/C22H18Cl2N2O4.C17H19N3O5/c1-30-19-10-9-17(25-21(19)13-5-3-2-4-6-13)22(29)26-18(12-20(27)28)15-8-7-14(23)11-16(15)24;1-10-6-4-5-7-11(10)12(9-15(21)22)18-16(23)13-8-14(24-2)20-17(19-13)25-3/h2-11,18H,12H2,1H3,(H,26,29)(H,27,28);4-8,12H,9H2,1-3H3,(H,18,23)(H,21,22)/t18-;12-/m00/s1. The second-order valence-corrected chi connectivity index (χ2v) is 12.5. The molecule has 2 aromatic heterocycles. The maximum Gasteiger partial charge on any atom is 0.320 e. The lowest BCUT2D eigenvalue weighted by Gasteiger charge is -2.19. The van der Waals surface area contributed by atoms with Gasteiger partial charge in [0.05, 0.1) is 46.3 Å². The minimum atomic E-state index is -1.08. The fourth-order valence-corrected chi connectivity index (χ4v) is 5.85. The van der Waals surface area contributed by atoms with Gasteiger partial charge < -0.3 is 35.1 Å². The Bertz CT molecular complexity index is 2130. The molecule has 0 spiro atoms. The minimum absolute atomic E-state index is 0.0184. The van der Waals surface area contributed by atoms with Gasteiger partial charge >= 0.3 is 17.9 Å².